The monoisotopic (exact) mass is 699 g/mol. The van der Waals surface area contributed by atoms with Gasteiger partial charge in [0.1, 0.15) is 17.2 Å². The maximum absolute atomic E-state index is 14.0. The second-order valence-electron chi connectivity index (χ2n) is 12.3. The number of aliphatic hydroxyl groups is 1. The second-order valence-corrected chi connectivity index (χ2v) is 14.1. The molecule has 2 aliphatic heterocycles. The topological polar surface area (TPSA) is 120 Å². The normalized spacial score (nSPS) is 19.4. The van der Waals surface area contributed by atoms with Crippen LogP contribution in [0.2, 0.25) is 0 Å². The summed E-state index contributed by atoms with van der Waals surface area (Å²) in [5.74, 6) is -0.985. The number of hydrogen-bond donors (Lipinski definition) is 2. The zero-order valence-electron chi connectivity index (χ0n) is 25.3. The van der Waals surface area contributed by atoms with Crippen molar-refractivity contribution in [3.8, 4) is 11.8 Å². The van der Waals surface area contributed by atoms with Crippen LogP contribution in [0.3, 0.4) is 0 Å². The lowest BCUT2D eigenvalue weighted by Gasteiger charge is -2.40. The van der Waals surface area contributed by atoms with Gasteiger partial charge in [-0.05, 0) is 80.8 Å². The van der Waals surface area contributed by atoms with Crippen molar-refractivity contribution < 1.29 is 53.8 Å². The zero-order chi connectivity index (χ0) is 35.4. The molecule has 0 aliphatic carbocycles. The number of nitrogens with one attached hydrogen (secondary N) is 1. The van der Waals surface area contributed by atoms with E-state index in [4.69, 9.17) is 4.74 Å². The summed E-state index contributed by atoms with van der Waals surface area (Å²) < 4.78 is 130. The number of halogens is 7. The molecule has 2 unspecified atom stereocenters. The molecule has 3 aromatic rings. The van der Waals surface area contributed by atoms with Crippen LogP contribution in [-0.4, -0.2) is 43.4 Å². The predicted octanol–water partition coefficient (Wildman–Crippen LogP) is 6.33. The molecular weight excluding hydrogens is 671 g/mol. The van der Waals surface area contributed by atoms with E-state index in [2.05, 4.69) is 5.32 Å². The van der Waals surface area contributed by atoms with Crippen molar-refractivity contribution in [1.82, 2.24) is 5.32 Å². The Bertz CT molecular complexity index is 1870. The lowest BCUT2D eigenvalue weighted by atomic mass is 9.87. The van der Waals surface area contributed by atoms with Gasteiger partial charge in [-0.3, -0.25) is 9.10 Å². The number of aryl methyl sites for hydroxylation is 1. The van der Waals surface area contributed by atoms with Crippen LogP contribution in [0.4, 0.5) is 36.4 Å². The quantitative estimate of drug-likeness (QED) is 0.291. The van der Waals surface area contributed by atoms with Gasteiger partial charge in [0.05, 0.1) is 34.3 Å². The summed E-state index contributed by atoms with van der Waals surface area (Å²) in [6.45, 7) is 3.57. The minimum Gasteiger partial charge on any atom is -0.487 e. The number of benzene rings is 3. The third-order valence-corrected chi connectivity index (χ3v) is 10.2. The number of amides is 1. The van der Waals surface area contributed by atoms with E-state index in [-0.39, 0.29) is 30.5 Å². The molecule has 256 valence electrons. The minimum atomic E-state index is -6.17. The average molecular weight is 700 g/mol. The molecule has 0 radical (unpaired) electrons. The lowest BCUT2D eigenvalue weighted by molar-refractivity contribution is -0.376. The van der Waals surface area contributed by atoms with E-state index >= 15 is 0 Å². The summed E-state index contributed by atoms with van der Waals surface area (Å²) in [7, 11) is -4.68. The van der Waals surface area contributed by atoms with Crippen molar-refractivity contribution in [2.24, 2.45) is 0 Å². The Balaban J connectivity index is 1.53. The Labute approximate surface area is 270 Å². The summed E-state index contributed by atoms with van der Waals surface area (Å²) in [6, 6.07) is 9.96. The van der Waals surface area contributed by atoms with Crippen molar-refractivity contribution in [2.45, 2.75) is 80.1 Å². The number of alkyl halides is 6. The van der Waals surface area contributed by atoms with Gasteiger partial charge in [0.25, 0.3) is 15.6 Å². The van der Waals surface area contributed by atoms with Gasteiger partial charge in [-0.15, -0.1) is 0 Å². The van der Waals surface area contributed by atoms with Crippen LogP contribution in [0.15, 0.2) is 65.6 Å². The fraction of sp³-hybridized carbons (Fsp3) is 0.375. The first-order chi connectivity index (χ1) is 22.2. The van der Waals surface area contributed by atoms with Crippen LogP contribution in [-0.2, 0) is 26.8 Å². The number of fused-ring (bicyclic) bond motifs is 2. The largest absolute Gasteiger partial charge is 0.487 e. The number of nitriles is 1. The highest BCUT2D eigenvalue weighted by atomic mass is 32.2. The van der Waals surface area contributed by atoms with Gasteiger partial charge in [0, 0.05) is 24.0 Å². The molecule has 16 heteroatoms. The zero-order valence-corrected chi connectivity index (χ0v) is 26.1. The van der Waals surface area contributed by atoms with Gasteiger partial charge < -0.3 is 15.2 Å². The van der Waals surface area contributed by atoms with E-state index in [1.165, 1.54) is 0 Å². The molecule has 0 saturated heterocycles. The van der Waals surface area contributed by atoms with Crippen LogP contribution >= 0.6 is 0 Å². The highest BCUT2D eigenvalue weighted by Gasteiger charge is 2.71. The van der Waals surface area contributed by atoms with Crippen molar-refractivity contribution in [1.29, 1.82) is 5.26 Å². The lowest BCUT2D eigenvalue weighted by Crippen LogP contribution is -2.54. The van der Waals surface area contributed by atoms with Crippen LogP contribution in [0.5, 0.6) is 5.75 Å². The first-order valence-corrected chi connectivity index (χ1v) is 15.9. The number of anilines is 1. The Morgan fingerprint density at radius 3 is 2.29 bits per heavy atom. The van der Waals surface area contributed by atoms with Crippen LogP contribution in [0, 0.1) is 17.1 Å². The number of rotatable bonds is 6. The van der Waals surface area contributed by atoms with E-state index < -0.39 is 74.3 Å². The number of ether oxygens (including phenoxy) is 1. The summed E-state index contributed by atoms with van der Waals surface area (Å²) in [6.07, 6.45) is -13.0. The van der Waals surface area contributed by atoms with Crippen LogP contribution < -0.4 is 14.4 Å². The molecule has 0 fully saturated rings. The fourth-order valence-electron chi connectivity index (χ4n) is 6.10. The molecule has 48 heavy (non-hydrogen) atoms. The van der Waals surface area contributed by atoms with Crippen LogP contribution in [0.25, 0.3) is 0 Å². The van der Waals surface area contributed by atoms with Gasteiger partial charge in [0.15, 0.2) is 0 Å². The highest BCUT2D eigenvalue weighted by molar-refractivity contribution is 7.92. The first-order valence-electron chi connectivity index (χ1n) is 14.5. The number of sulfonamides is 1. The molecule has 2 atom stereocenters. The molecule has 2 N–H and O–H groups in total. The van der Waals surface area contributed by atoms with E-state index in [1.807, 2.05) is 6.07 Å². The maximum Gasteiger partial charge on any atom is 0.430 e. The third-order valence-electron chi connectivity index (χ3n) is 8.36. The molecular formula is C32H28F7N3O5S. The van der Waals surface area contributed by atoms with Gasteiger partial charge in [-0.1, -0.05) is 12.1 Å². The number of hydrogen-bond acceptors (Lipinski definition) is 6. The Morgan fingerprint density at radius 2 is 1.69 bits per heavy atom. The number of nitrogens with zero attached hydrogens (tertiary/aromatic N) is 2. The molecule has 0 spiro atoms. The highest BCUT2D eigenvalue weighted by Crippen LogP contribution is 2.51. The fourth-order valence-corrected chi connectivity index (χ4v) is 7.82. The molecule has 3 aromatic carbocycles. The molecule has 5 rings (SSSR count). The van der Waals surface area contributed by atoms with E-state index in [1.54, 1.807) is 32.0 Å². The van der Waals surface area contributed by atoms with Gasteiger partial charge in [0.2, 0.25) is 5.91 Å². The van der Waals surface area contributed by atoms with E-state index in [9.17, 15) is 54.3 Å². The molecule has 0 saturated carbocycles. The molecule has 1 amide bonds. The molecule has 0 aromatic heterocycles. The molecule has 0 bridgehead atoms. The van der Waals surface area contributed by atoms with E-state index in [0.29, 0.717) is 29.0 Å². The third kappa shape index (κ3) is 6.28. The Kier molecular flexibility index (Phi) is 8.71. The van der Waals surface area contributed by atoms with Crippen LogP contribution in [0.1, 0.15) is 61.4 Å². The minimum absolute atomic E-state index is 0.213. The SMILES string of the molecule is CC1(C)CC(NC(=O)CC2CCc3cc(C(O)(C(F)(F)F)C(F)(F)F)ccc3N2S(=O)(=O)c2ccc(F)cc2)c2cc(C#N)ccc2O1. The maximum atomic E-state index is 14.0. The smallest absolute Gasteiger partial charge is 0.430 e. The standard InChI is InChI=1S/C32H28F7N3O5S/c1-29(2)16-25(24-13-18(17-40)3-12-27(24)47-29)41-28(43)15-22-8-4-19-14-20(30(44,31(34,35)36)32(37,38)39)5-11-26(19)42(22)48(45,46)23-9-6-21(33)7-10-23/h3,5-7,9-14,22,25,44H,4,8,15-16H2,1-2H3,(H,41,43). The summed E-state index contributed by atoms with van der Waals surface area (Å²) in [4.78, 5) is 13.1. The van der Waals surface area contributed by atoms with E-state index in [0.717, 1.165) is 34.6 Å². The average Bonchev–Trinajstić information content (AvgIpc) is 2.98. The Hall–Kier alpha value is -4.36. The van der Waals surface area contributed by atoms with Gasteiger partial charge >= 0.3 is 12.4 Å². The molecule has 8 nitrogen and oxygen atoms in total. The Morgan fingerprint density at radius 1 is 1.04 bits per heavy atom. The van der Waals surface area contributed by atoms with Gasteiger partial charge in [-0.25, -0.2) is 12.8 Å². The summed E-state index contributed by atoms with van der Waals surface area (Å²) in [5.41, 5.74) is -7.30. The molecule has 2 heterocycles. The van der Waals surface area contributed by atoms with Crippen molar-refractivity contribution in [2.75, 3.05) is 4.31 Å². The van der Waals surface area contributed by atoms with Crippen molar-refractivity contribution in [3.63, 3.8) is 0 Å². The predicted molar refractivity (Wildman–Crippen MR) is 157 cm³/mol. The molecule has 2 aliphatic rings. The van der Waals surface area contributed by atoms with Crippen molar-refractivity contribution in [3.05, 3.63) is 88.7 Å². The van der Waals surface area contributed by atoms with Gasteiger partial charge in [-0.2, -0.15) is 31.6 Å². The first kappa shape index (κ1) is 35.0. The summed E-state index contributed by atoms with van der Waals surface area (Å²) in [5, 5.41) is 22.2. The summed E-state index contributed by atoms with van der Waals surface area (Å²) >= 11 is 0. The number of carbonyl (C=O) groups excluding carboxylic acids is 1. The van der Waals surface area contributed by atoms with Crippen molar-refractivity contribution >= 4 is 21.6 Å². The second kappa shape index (κ2) is 12.0. The number of carbonyl (C=O) groups is 1.